The summed E-state index contributed by atoms with van der Waals surface area (Å²) in [7, 11) is 0. The van der Waals surface area contributed by atoms with E-state index in [9.17, 15) is 0 Å². The molecule has 0 aliphatic carbocycles. The lowest BCUT2D eigenvalue weighted by Gasteiger charge is -1.97. The van der Waals surface area contributed by atoms with Crippen LogP contribution in [0.2, 0.25) is 5.02 Å². The second kappa shape index (κ2) is 5.34. The fraction of sp³-hybridized carbons (Fsp3) is 0.214. The molecule has 0 radical (unpaired) electrons. The minimum absolute atomic E-state index is 0.306. The molecule has 3 aromatic rings. The Morgan fingerprint density at radius 1 is 1.15 bits per heavy atom. The van der Waals surface area contributed by atoms with Crippen LogP contribution in [0.15, 0.2) is 24.3 Å². The zero-order chi connectivity index (χ0) is 14.1. The number of benzene rings is 1. The van der Waals surface area contributed by atoms with Crippen LogP contribution in [0.5, 0.6) is 0 Å². The molecule has 0 amide bonds. The lowest BCUT2D eigenvalue weighted by atomic mass is 10.2. The summed E-state index contributed by atoms with van der Waals surface area (Å²) in [5.74, 6) is 1.20. The van der Waals surface area contributed by atoms with Crippen LogP contribution in [-0.4, -0.2) is 19.8 Å². The van der Waals surface area contributed by atoms with Crippen LogP contribution >= 0.6 is 22.9 Å². The van der Waals surface area contributed by atoms with Crippen molar-refractivity contribution in [2.75, 3.05) is 0 Å². The monoisotopic (exact) mass is 304 g/mol. The van der Waals surface area contributed by atoms with E-state index >= 15 is 0 Å². The van der Waals surface area contributed by atoms with E-state index in [0.29, 0.717) is 5.92 Å². The van der Waals surface area contributed by atoms with Gasteiger partial charge >= 0.3 is 0 Å². The third kappa shape index (κ3) is 2.59. The highest BCUT2D eigenvalue weighted by Crippen LogP contribution is 2.20. The van der Waals surface area contributed by atoms with Crippen LogP contribution < -0.4 is 0 Å². The van der Waals surface area contributed by atoms with Crippen molar-refractivity contribution in [1.29, 1.82) is 0 Å². The number of hydrogen-bond acceptors (Lipinski definition) is 4. The van der Waals surface area contributed by atoms with Gasteiger partial charge in [0.15, 0.2) is 5.82 Å². The van der Waals surface area contributed by atoms with Crippen LogP contribution in [0.25, 0.3) is 17.1 Å². The van der Waals surface area contributed by atoms with Gasteiger partial charge in [0.05, 0.1) is 0 Å². The summed E-state index contributed by atoms with van der Waals surface area (Å²) in [5, 5.41) is 14.5. The third-order valence-electron chi connectivity index (χ3n) is 2.84. The van der Waals surface area contributed by atoms with E-state index in [-0.39, 0.29) is 0 Å². The van der Waals surface area contributed by atoms with Crippen LogP contribution in [0, 0.1) is 0 Å². The fourth-order valence-corrected chi connectivity index (χ4v) is 2.69. The summed E-state index contributed by atoms with van der Waals surface area (Å²) in [4.78, 5) is 0.824. The van der Waals surface area contributed by atoms with Gasteiger partial charge in [-0.05, 0) is 23.8 Å². The van der Waals surface area contributed by atoms with E-state index in [1.807, 2.05) is 40.9 Å². The number of nitrogens with zero attached hydrogens (tertiary/aromatic N) is 4. The van der Waals surface area contributed by atoms with Crippen molar-refractivity contribution < 1.29 is 0 Å². The number of hydrogen-bond donors (Lipinski definition) is 0. The SMILES string of the molecule is CC(C)c1nnc2sc(C=Cc3ccc(Cl)cc3)nn12. The lowest BCUT2D eigenvalue weighted by Crippen LogP contribution is -1.97. The second-order valence-corrected chi connectivity index (χ2v) is 6.16. The van der Waals surface area contributed by atoms with Crippen LogP contribution in [0.1, 0.15) is 36.2 Å². The molecule has 2 heterocycles. The first-order valence-corrected chi connectivity index (χ1v) is 7.49. The molecule has 0 spiro atoms. The summed E-state index contributed by atoms with van der Waals surface area (Å²) in [6.07, 6.45) is 3.99. The summed E-state index contributed by atoms with van der Waals surface area (Å²) < 4.78 is 1.82. The summed E-state index contributed by atoms with van der Waals surface area (Å²) >= 11 is 7.38. The van der Waals surface area contributed by atoms with Gasteiger partial charge < -0.3 is 0 Å². The van der Waals surface area contributed by atoms with Gasteiger partial charge in [0, 0.05) is 10.9 Å². The second-order valence-electron chi connectivity index (χ2n) is 4.73. The molecule has 0 aliphatic rings. The Kier molecular flexibility index (Phi) is 3.54. The topological polar surface area (TPSA) is 43.1 Å². The van der Waals surface area contributed by atoms with Crippen LogP contribution in [0.3, 0.4) is 0 Å². The molecule has 2 aromatic heterocycles. The molecule has 0 saturated carbocycles. The Bertz CT molecular complexity index is 755. The number of rotatable bonds is 3. The van der Waals surface area contributed by atoms with Crippen molar-refractivity contribution in [3.63, 3.8) is 0 Å². The zero-order valence-corrected chi connectivity index (χ0v) is 12.7. The minimum atomic E-state index is 0.306. The normalized spacial score (nSPS) is 12.0. The molecule has 0 fully saturated rings. The van der Waals surface area contributed by atoms with Gasteiger partial charge in [-0.2, -0.15) is 9.61 Å². The first kappa shape index (κ1) is 13.3. The molecular formula is C14H13ClN4S. The molecule has 0 aliphatic heterocycles. The smallest absolute Gasteiger partial charge is 0.187 e. The van der Waals surface area contributed by atoms with Crippen molar-refractivity contribution in [2.45, 2.75) is 19.8 Å². The maximum atomic E-state index is 5.86. The van der Waals surface area contributed by atoms with Crippen molar-refractivity contribution in [2.24, 2.45) is 0 Å². The molecule has 4 nitrogen and oxygen atoms in total. The Labute approximate surface area is 125 Å². The van der Waals surface area contributed by atoms with E-state index in [0.717, 1.165) is 26.4 Å². The molecule has 6 heteroatoms. The Hall–Kier alpha value is -1.72. The highest BCUT2D eigenvalue weighted by Gasteiger charge is 2.12. The van der Waals surface area contributed by atoms with E-state index in [1.54, 1.807) is 0 Å². The standard InChI is InChI=1S/C14H13ClN4S/c1-9(2)13-16-17-14-19(13)18-12(20-14)8-5-10-3-6-11(15)7-4-10/h3-9H,1-2H3. The maximum Gasteiger partial charge on any atom is 0.234 e. The molecule has 102 valence electrons. The van der Waals surface area contributed by atoms with E-state index in [1.165, 1.54) is 11.3 Å². The Morgan fingerprint density at radius 3 is 2.60 bits per heavy atom. The predicted octanol–water partition coefficient (Wildman–Crippen LogP) is 4.13. The Morgan fingerprint density at radius 2 is 1.90 bits per heavy atom. The predicted molar refractivity (Wildman–Crippen MR) is 83.1 cm³/mol. The maximum absolute atomic E-state index is 5.86. The number of fused-ring (bicyclic) bond motifs is 1. The summed E-state index contributed by atoms with van der Waals surface area (Å²) in [5.41, 5.74) is 1.09. The number of halogens is 1. The van der Waals surface area contributed by atoms with Gasteiger partial charge in [-0.25, -0.2) is 0 Å². The molecule has 0 N–H and O–H groups in total. The largest absolute Gasteiger partial charge is 0.234 e. The Balaban J connectivity index is 1.89. The van der Waals surface area contributed by atoms with Crippen molar-refractivity contribution >= 4 is 40.1 Å². The van der Waals surface area contributed by atoms with Crippen molar-refractivity contribution in [3.05, 3.63) is 45.7 Å². The molecular weight excluding hydrogens is 292 g/mol. The molecule has 0 saturated heterocycles. The molecule has 1 aromatic carbocycles. The summed E-state index contributed by atoms with van der Waals surface area (Å²) in [6, 6.07) is 7.69. The van der Waals surface area contributed by atoms with Gasteiger partial charge in [-0.3, -0.25) is 0 Å². The van der Waals surface area contributed by atoms with Gasteiger partial charge in [0.25, 0.3) is 0 Å². The zero-order valence-electron chi connectivity index (χ0n) is 11.1. The van der Waals surface area contributed by atoms with E-state index in [4.69, 9.17) is 11.6 Å². The molecule has 3 rings (SSSR count). The van der Waals surface area contributed by atoms with Crippen molar-refractivity contribution in [3.8, 4) is 0 Å². The van der Waals surface area contributed by atoms with Crippen LogP contribution in [-0.2, 0) is 0 Å². The first-order chi connectivity index (χ1) is 9.63. The molecule has 0 unspecified atom stereocenters. The molecule has 0 bridgehead atoms. The summed E-state index contributed by atoms with van der Waals surface area (Å²) in [6.45, 7) is 4.16. The van der Waals surface area contributed by atoms with Gasteiger partial charge in [-0.1, -0.05) is 55.0 Å². The van der Waals surface area contributed by atoms with Crippen LogP contribution in [0.4, 0.5) is 0 Å². The van der Waals surface area contributed by atoms with Crippen molar-refractivity contribution in [1.82, 2.24) is 19.8 Å². The fourth-order valence-electron chi connectivity index (χ4n) is 1.82. The molecule has 20 heavy (non-hydrogen) atoms. The lowest BCUT2D eigenvalue weighted by molar-refractivity contribution is 0.724. The average molecular weight is 305 g/mol. The highest BCUT2D eigenvalue weighted by molar-refractivity contribution is 7.17. The average Bonchev–Trinajstić information content (AvgIpc) is 2.97. The molecule has 0 atom stereocenters. The van der Waals surface area contributed by atoms with Gasteiger partial charge in [0.1, 0.15) is 5.01 Å². The van der Waals surface area contributed by atoms with Gasteiger partial charge in [0.2, 0.25) is 4.96 Å². The third-order valence-corrected chi connectivity index (χ3v) is 3.95. The quantitative estimate of drug-likeness (QED) is 0.730. The first-order valence-electron chi connectivity index (χ1n) is 6.29. The van der Waals surface area contributed by atoms with E-state index in [2.05, 4.69) is 29.1 Å². The van der Waals surface area contributed by atoms with E-state index < -0.39 is 0 Å². The van der Waals surface area contributed by atoms with Gasteiger partial charge in [-0.15, -0.1) is 10.2 Å². The number of aromatic nitrogens is 4. The highest BCUT2D eigenvalue weighted by atomic mass is 35.5. The minimum Gasteiger partial charge on any atom is -0.187 e.